The van der Waals surface area contributed by atoms with E-state index in [9.17, 15) is 0 Å². The standard InChI is InChI=1S/C60H38/c1-4-19-42(20-5-1)51-37-53-54(38-52(51)43-21-6-2-7-22-43)59-55(44-26-8-3-9-27-44)57(49-35-17-29-40-24-11-14-32-46(40)49)58(50-36-18-30-41-25-12-15-33-47(41)50)60(59)56(53)48-34-16-28-39-23-10-13-31-45(39)48/h1-38H. The maximum Gasteiger partial charge on any atom is -0.0000926 e. The molecule has 0 radical (unpaired) electrons. The van der Waals surface area contributed by atoms with E-state index in [2.05, 4.69) is 231 Å². The Balaban J connectivity index is 1.33. The highest BCUT2D eigenvalue weighted by Gasteiger charge is 2.41. The van der Waals surface area contributed by atoms with Crippen molar-refractivity contribution in [2.45, 2.75) is 0 Å². The van der Waals surface area contributed by atoms with Crippen LogP contribution >= 0.6 is 0 Å². The smallest absolute Gasteiger partial charge is 0.0000926 e. The van der Waals surface area contributed by atoms with Crippen LogP contribution in [0.5, 0.6) is 0 Å². The van der Waals surface area contributed by atoms with Gasteiger partial charge in [-0.25, -0.2) is 0 Å². The maximum absolute atomic E-state index is 2.51. The zero-order valence-corrected chi connectivity index (χ0v) is 32.9. The average molecular weight is 759 g/mol. The van der Waals surface area contributed by atoms with E-state index < -0.39 is 0 Å². The molecule has 10 aromatic rings. The van der Waals surface area contributed by atoms with Crippen molar-refractivity contribution < 1.29 is 0 Å². The lowest BCUT2D eigenvalue weighted by Crippen LogP contribution is -1.98. The zero-order chi connectivity index (χ0) is 39.6. The molecule has 2 aliphatic rings. The number of hydrogen-bond acceptors (Lipinski definition) is 0. The van der Waals surface area contributed by atoms with Gasteiger partial charge >= 0.3 is 0 Å². The molecule has 0 heterocycles. The minimum atomic E-state index is 1.20. The van der Waals surface area contributed by atoms with Gasteiger partial charge in [0.25, 0.3) is 0 Å². The normalized spacial score (nSPS) is 13.5. The van der Waals surface area contributed by atoms with Crippen molar-refractivity contribution in [2.24, 2.45) is 0 Å². The van der Waals surface area contributed by atoms with Gasteiger partial charge in [0.1, 0.15) is 0 Å². The molecular weight excluding hydrogens is 721 g/mol. The van der Waals surface area contributed by atoms with Gasteiger partial charge in [0, 0.05) is 0 Å². The Labute approximate surface area is 350 Å². The van der Waals surface area contributed by atoms with E-state index in [1.807, 2.05) is 0 Å². The second kappa shape index (κ2) is 13.9. The highest BCUT2D eigenvalue weighted by molar-refractivity contribution is 6.41. The van der Waals surface area contributed by atoms with Crippen LogP contribution in [0.3, 0.4) is 0 Å². The Bertz CT molecular complexity index is 3420. The minimum Gasteiger partial charge on any atom is -0.0622 e. The summed E-state index contributed by atoms with van der Waals surface area (Å²) in [6.45, 7) is 0. The Morgan fingerprint density at radius 1 is 0.167 bits per heavy atom. The van der Waals surface area contributed by atoms with Gasteiger partial charge in [-0.1, -0.05) is 218 Å². The molecule has 60 heavy (non-hydrogen) atoms. The summed E-state index contributed by atoms with van der Waals surface area (Å²) in [4.78, 5) is 0. The van der Waals surface area contributed by atoms with Crippen LogP contribution in [0.15, 0.2) is 236 Å². The lowest BCUT2D eigenvalue weighted by molar-refractivity contribution is 1.52. The van der Waals surface area contributed by atoms with Crippen LogP contribution in [0.4, 0.5) is 0 Å². The molecule has 2 aliphatic carbocycles. The van der Waals surface area contributed by atoms with Crippen LogP contribution in [-0.4, -0.2) is 0 Å². The molecule has 0 unspecified atom stereocenters. The van der Waals surface area contributed by atoms with Crippen LogP contribution in [-0.2, 0) is 0 Å². The topological polar surface area (TPSA) is 0 Å². The summed E-state index contributed by atoms with van der Waals surface area (Å²) in [6.07, 6.45) is 0. The van der Waals surface area contributed by atoms with Crippen LogP contribution in [0.2, 0.25) is 0 Å². The van der Waals surface area contributed by atoms with Gasteiger partial charge < -0.3 is 0 Å². The summed E-state index contributed by atoms with van der Waals surface area (Å²) in [7, 11) is 0. The average Bonchev–Trinajstić information content (AvgIpc) is 3.83. The molecule has 0 saturated carbocycles. The molecule has 0 N–H and O–H groups in total. The van der Waals surface area contributed by atoms with E-state index in [0.29, 0.717) is 0 Å². The lowest BCUT2D eigenvalue weighted by Gasteiger charge is -2.20. The highest BCUT2D eigenvalue weighted by Crippen LogP contribution is 2.63. The van der Waals surface area contributed by atoms with Gasteiger partial charge in [0.05, 0.1) is 0 Å². The van der Waals surface area contributed by atoms with Crippen LogP contribution in [0.25, 0.3) is 82.4 Å². The van der Waals surface area contributed by atoms with Gasteiger partial charge in [0.2, 0.25) is 0 Å². The second-order valence-electron chi connectivity index (χ2n) is 15.9. The van der Waals surface area contributed by atoms with Crippen LogP contribution < -0.4 is 0 Å². The van der Waals surface area contributed by atoms with Gasteiger partial charge in [-0.05, 0) is 134 Å². The first-order chi connectivity index (χ1) is 29.8. The first-order valence-corrected chi connectivity index (χ1v) is 20.9. The number of fused-ring (bicyclic) bond motifs is 6. The third kappa shape index (κ3) is 5.32. The molecular formula is C60H38. The van der Waals surface area contributed by atoms with Crippen molar-refractivity contribution in [3.8, 4) is 22.3 Å². The van der Waals surface area contributed by atoms with Crippen molar-refractivity contribution in [1.82, 2.24) is 0 Å². The minimum absolute atomic E-state index is 1.20. The van der Waals surface area contributed by atoms with Gasteiger partial charge in [0.15, 0.2) is 0 Å². The number of allylic oxidation sites excluding steroid dienone is 5. The molecule has 0 amide bonds. The summed E-state index contributed by atoms with van der Waals surface area (Å²) in [5, 5.41) is 7.44. The van der Waals surface area contributed by atoms with Crippen molar-refractivity contribution in [2.75, 3.05) is 0 Å². The molecule has 0 heteroatoms. The van der Waals surface area contributed by atoms with Crippen molar-refractivity contribution in [1.29, 1.82) is 0 Å². The van der Waals surface area contributed by atoms with Gasteiger partial charge in [-0.3, -0.25) is 0 Å². The fourth-order valence-electron chi connectivity index (χ4n) is 10.0. The lowest BCUT2D eigenvalue weighted by atomic mass is 9.82. The quantitative estimate of drug-likeness (QED) is 0.158. The molecule has 0 nitrogen and oxygen atoms in total. The molecule has 0 fully saturated rings. The van der Waals surface area contributed by atoms with E-state index >= 15 is 0 Å². The van der Waals surface area contributed by atoms with Crippen molar-refractivity contribution in [3.63, 3.8) is 0 Å². The molecule has 0 atom stereocenters. The fraction of sp³-hybridized carbons (Fsp3) is 0. The van der Waals surface area contributed by atoms with Crippen molar-refractivity contribution in [3.05, 3.63) is 269 Å². The Morgan fingerprint density at radius 2 is 0.483 bits per heavy atom. The van der Waals surface area contributed by atoms with Crippen molar-refractivity contribution >= 4 is 60.2 Å². The van der Waals surface area contributed by atoms with E-state index in [-0.39, 0.29) is 0 Å². The molecule has 0 aliphatic heterocycles. The first kappa shape index (κ1) is 34.3. The Hall–Kier alpha value is -7.80. The van der Waals surface area contributed by atoms with Gasteiger partial charge in [-0.2, -0.15) is 0 Å². The van der Waals surface area contributed by atoms with E-state index in [1.54, 1.807) is 0 Å². The molecule has 0 spiro atoms. The third-order valence-electron chi connectivity index (χ3n) is 12.6. The zero-order valence-electron chi connectivity index (χ0n) is 32.9. The molecule has 0 bridgehead atoms. The van der Waals surface area contributed by atoms with E-state index in [1.165, 1.54) is 121 Å². The van der Waals surface area contributed by atoms with E-state index in [0.717, 1.165) is 0 Å². The SMILES string of the molecule is c1ccc(C2=C3C(=C(c4cccc5ccccc45)c4cc(-c5ccccc5)c(-c5ccccc5)cc43)C(c3cccc4ccccc34)=C2c2cccc3ccccc23)cc1. The van der Waals surface area contributed by atoms with E-state index in [4.69, 9.17) is 0 Å². The highest BCUT2D eigenvalue weighted by atomic mass is 14.4. The number of benzene rings is 10. The largest absolute Gasteiger partial charge is 0.0622 e. The van der Waals surface area contributed by atoms with Crippen LogP contribution in [0, 0.1) is 0 Å². The Morgan fingerprint density at radius 3 is 0.933 bits per heavy atom. The number of hydrogen-bond donors (Lipinski definition) is 0. The molecule has 0 saturated heterocycles. The second-order valence-corrected chi connectivity index (χ2v) is 15.9. The number of rotatable bonds is 6. The molecule has 278 valence electrons. The molecule has 12 rings (SSSR count). The predicted molar refractivity (Wildman–Crippen MR) is 255 cm³/mol. The summed E-state index contributed by atoms with van der Waals surface area (Å²) in [5.41, 5.74) is 20.0. The summed E-state index contributed by atoms with van der Waals surface area (Å²) < 4.78 is 0. The maximum atomic E-state index is 2.51. The van der Waals surface area contributed by atoms with Gasteiger partial charge in [-0.15, -0.1) is 0 Å². The fourth-order valence-corrected chi connectivity index (χ4v) is 10.0. The Kier molecular flexibility index (Phi) is 7.96. The first-order valence-electron chi connectivity index (χ1n) is 20.9. The van der Waals surface area contributed by atoms with Crippen LogP contribution in [0.1, 0.15) is 33.4 Å². The predicted octanol–water partition coefficient (Wildman–Crippen LogP) is 15.8. The monoisotopic (exact) mass is 758 g/mol. The summed E-state index contributed by atoms with van der Waals surface area (Å²) in [5.74, 6) is 0. The third-order valence-corrected chi connectivity index (χ3v) is 12.6. The molecule has 10 aromatic carbocycles. The summed E-state index contributed by atoms with van der Waals surface area (Å²) in [6, 6.07) is 85.2. The summed E-state index contributed by atoms with van der Waals surface area (Å²) >= 11 is 0. The molecule has 0 aromatic heterocycles.